The molecule has 8 nitrogen and oxygen atoms in total. The highest BCUT2D eigenvalue weighted by Gasteiger charge is 2.11. The van der Waals surface area contributed by atoms with E-state index in [2.05, 4.69) is 22.1 Å². The molecule has 2 aromatic rings. The average Bonchev–Trinajstić information content (AvgIpc) is 2.72. The molecule has 0 unspecified atom stereocenters. The van der Waals surface area contributed by atoms with Gasteiger partial charge in [-0.15, -0.1) is 0 Å². The highest BCUT2D eigenvalue weighted by atomic mass is 16.6. The van der Waals surface area contributed by atoms with E-state index < -0.39 is 4.92 Å². The summed E-state index contributed by atoms with van der Waals surface area (Å²) >= 11 is 0. The Morgan fingerprint density at radius 3 is 2.46 bits per heavy atom. The molecular formula is C20H24N4O4. The standard InChI is InChI=1S/C20H24N4O4/c1-22-9-11-23(12-10-22)21-14-17-5-8-19(27-2)20(13-17)28-15-16-3-6-18(7-4-16)24(25)26/h3-8,13-14H,9-12,15H2,1-2H3/b21-14-. The molecule has 1 fully saturated rings. The van der Waals surface area contributed by atoms with Crippen molar-refractivity contribution in [2.24, 2.45) is 5.10 Å². The van der Waals surface area contributed by atoms with E-state index >= 15 is 0 Å². The lowest BCUT2D eigenvalue weighted by atomic mass is 10.2. The van der Waals surface area contributed by atoms with E-state index in [1.165, 1.54) is 12.1 Å². The van der Waals surface area contributed by atoms with Crippen LogP contribution in [-0.2, 0) is 6.61 Å². The first-order chi connectivity index (χ1) is 13.5. The summed E-state index contributed by atoms with van der Waals surface area (Å²) in [7, 11) is 3.70. The van der Waals surface area contributed by atoms with Crippen LogP contribution in [0.25, 0.3) is 0 Å². The van der Waals surface area contributed by atoms with Gasteiger partial charge in [0.15, 0.2) is 11.5 Å². The molecule has 0 bridgehead atoms. The smallest absolute Gasteiger partial charge is 0.269 e. The predicted octanol–water partition coefficient (Wildman–Crippen LogP) is 2.76. The van der Waals surface area contributed by atoms with E-state index in [9.17, 15) is 10.1 Å². The fourth-order valence-electron chi connectivity index (χ4n) is 2.82. The third-order valence-corrected chi connectivity index (χ3v) is 4.58. The van der Waals surface area contributed by atoms with Crippen molar-refractivity contribution in [3.05, 3.63) is 63.7 Å². The Morgan fingerprint density at radius 2 is 1.82 bits per heavy atom. The van der Waals surface area contributed by atoms with Crippen LogP contribution in [0.5, 0.6) is 11.5 Å². The number of nitro benzene ring substituents is 1. The van der Waals surface area contributed by atoms with E-state index in [1.807, 2.05) is 24.4 Å². The van der Waals surface area contributed by atoms with Gasteiger partial charge in [0.1, 0.15) is 6.61 Å². The monoisotopic (exact) mass is 384 g/mol. The summed E-state index contributed by atoms with van der Waals surface area (Å²) in [6.45, 7) is 4.11. The van der Waals surface area contributed by atoms with Crippen LogP contribution in [0.4, 0.5) is 5.69 Å². The van der Waals surface area contributed by atoms with Crippen LogP contribution >= 0.6 is 0 Å². The van der Waals surface area contributed by atoms with Crippen LogP contribution in [0.15, 0.2) is 47.6 Å². The molecule has 0 aromatic heterocycles. The van der Waals surface area contributed by atoms with E-state index in [0.29, 0.717) is 11.5 Å². The van der Waals surface area contributed by atoms with Gasteiger partial charge in [-0.1, -0.05) is 0 Å². The normalized spacial score (nSPS) is 15.0. The number of nitrogens with zero attached hydrogens (tertiary/aromatic N) is 4. The molecule has 148 valence electrons. The zero-order valence-electron chi connectivity index (χ0n) is 16.1. The second-order valence-electron chi connectivity index (χ2n) is 6.62. The summed E-state index contributed by atoms with van der Waals surface area (Å²) in [5.74, 6) is 1.22. The van der Waals surface area contributed by atoms with Crippen molar-refractivity contribution in [3.8, 4) is 11.5 Å². The maximum Gasteiger partial charge on any atom is 0.269 e. The van der Waals surface area contributed by atoms with Crippen LogP contribution < -0.4 is 9.47 Å². The number of non-ortho nitro benzene ring substituents is 1. The molecule has 0 amide bonds. The minimum atomic E-state index is -0.420. The first kappa shape index (κ1) is 19.6. The maximum absolute atomic E-state index is 10.7. The molecule has 1 aliphatic heterocycles. The molecule has 0 spiro atoms. The van der Waals surface area contributed by atoms with E-state index in [4.69, 9.17) is 9.47 Å². The van der Waals surface area contributed by atoms with Crippen molar-refractivity contribution >= 4 is 11.9 Å². The minimum absolute atomic E-state index is 0.0587. The van der Waals surface area contributed by atoms with Gasteiger partial charge in [-0.05, 0) is 48.5 Å². The van der Waals surface area contributed by atoms with Gasteiger partial charge in [0.2, 0.25) is 0 Å². The number of hydrogen-bond acceptors (Lipinski definition) is 7. The van der Waals surface area contributed by atoms with Gasteiger partial charge in [-0.2, -0.15) is 5.10 Å². The predicted molar refractivity (Wildman–Crippen MR) is 107 cm³/mol. The van der Waals surface area contributed by atoms with Gasteiger partial charge in [0.05, 0.1) is 18.2 Å². The van der Waals surface area contributed by atoms with Crippen LogP contribution in [0, 0.1) is 10.1 Å². The van der Waals surface area contributed by atoms with Crippen molar-refractivity contribution in [3.63, 3.8) is 0 Å². The van der Waals surface area contributed by atoms with Gasteiger partial charge in [0, 0.05) is 38.3 Å². The van der Waals surface area contributed by atoms with E-state index in [-0.39, 0.29) is 12.3 Å². The molecule has 2 aromatic carbocycles. The fourth-order valence-corrected chi connectivity index (χ4v) is 2.82. The molecule has 0 atom stereocenters. The highest BCUT2D eigenvalue weighted by molar-refractivity contribution is 5.80. The van der Waals surface area contributed by atoms with E-state index in [1.54, 1.807) is 19.2 Å². The summed E-state index contributed by atoms with van der Waals surface area (Å²) < 4.78 is 11.3. The molecule has 0 N–H and O–H groups in total. The lowest BCUT2D eigenvalue weighted by molar-refractivity contribution is -0.384. The van der Waals surface area contributed by atoms with Crippen LogP contribution in [0.3, 0.4) is 0 Å². The average molecular weight is 384 g/mol. The lowest BCUT2D eigenvalue weighted by Gasteiger charge is -2.30. The number of likely N-dealkylation sites (N-methyl/N-ethyl adjacent to an activating group) is 1. The Labute approximate surface area is 164 Å². The lowest BCUT2D eigenvalue weighted by Crippen LogP contribution is -2.41. The van der Waals surface area contributed by atoms with Crippen molar-refractivity contribution in [2.75, 3.05) is 40.3 Å². The van der Waals surface area contributed by atoms with Gasteiger partial charge in [-0.3, -0.25) is 15.1 Å². The van der Waals surface area contributed by atoms with Crippen molar-refractivity contribution in [1.82, 2.24) is 9.91 Å². The molecule has 3 rings (SSSR count). The summed E-state index contributed by atoms with van der Waals surface area (Å²) in [5, 5.41) is 17.4. The second-order valence-corrected chi connectivity index (χ2v) is 6.62. The molecule has 0 radical (unpaired) electrons. The quantitative estimate of drug-likeness (QED) is 0.415. The molecule has 1 aliphatic rings. The maximum atomic E-state index is 10.7. The van der Waals surface area contributed by atoms with Crippen LogP contribution in [0.1, 0.15) is 11.1 Å². The number of nitro groups is 1. The van der Waals surface area contributed by atoms with Crippen LogP contribution in [-0.4, -0.2) is 61.4 Å². The Morgan fingerprint density at radius 1 is 1.11 bits per heavy atom. The number of ether oxygens (including phenoxy) is 2. The minimum Gasteiger partial charge on any atom is -0.493 e. The highest BCUT2D eigenvalue weighted by Crippen LogP contribution is 2.28. The number of methoxy groups -OCH3 is 1. The van der Waals surface area contributed by atoms with Gasteiger partial charge in [-0.25, -0.2) is 0 Å². The number of piperazine rings is 1. The van der Waals surface area contributed by atoms with Crippen molar-refractivity contribution in [1.29, 1.82) is 0 Å². The Bertz CT molecular complexity index is 831. The SMILES string of the molecule is COc1ccc(/C=N\N2CCN(C)CC2)cc1OCc1ccc([N+](=O)[O-])cc1. The topological polar surface area (TPSA) is 80.4 Å². The molecule has 1 heterocycles. The number of benzene rings is 2. The van der Waals surface area contributed by atoms with E-state index in [0.717, 1.165) is 37.3 Å². The Balaban J connectivity index is 1.66. The first-order valence-electron chi connectivity index (χ1n) is 9.07. The molecule has 8 heteroatoms. The molecule has 0 aliphatic carbocycles. The third-order valence-electron chi connectivity index (χ3n) is 4.58. The van der Waals surface area contributed by atoms with Gasteiger partial charge >= 0.3 is 0 Å². The fraction of sp³-hybridized carbons (Fsp3) is 0.350. The largest absolute Gasteiger partial charge is 0.493 e. The zero-order chi connectivity index (χ0) is 19.9. The zero-order valence-corrected chi connectivity index (χ0v) is 16.1. The molecule has 0 saturated carbocycles. The Kier molecular flexibility index (Phi) is 6.44. The Hall–Kier alpha value is -3.13. The molecule has 1 saturated heterocycles. The summed E-state index contributed by atoms with van der Waals surface area (Å²) in [6, 6.07) is 12.0. The molecule has 28 heavy (non-hydrogen) atoms. The van der Waals surface area contributed by atoms with Crippen LogP contribution in [0.2, 0.25) is 0 Å². The first-order valence-corrected chi connectivity index (χ1v) is 9.07. The van der Waals surface area contributed by atoms with Crippen molar-refractivity contribution < 1.29 is 14.4 Å². The summed E-state index contributed by atoms with van der Waals surface area (Å²) in [4.78, 5) is 12.6. The van der Waals surface area contributed by atoms with Gasteiger partial charge in [0.25, 0.3) is 5.69 Å². The summed E-state index contributed by atoms with van der Waals surface area (Å²) in [5.41, 5.74) is 1.81. The number of hydrazone groups is 1. The summed E-state index contributed by atoms with van der Waals surface area (Å²) in [6.07, 6.45) is 1.82. The third kappa shape index (κ3) is 5.20. The van der Waals surface area contributed by atoms with Crippen molar-refractivity contribution in [2.45, 2.75) is 6.61 Å². The number of rotatable bonds is 7. The molecular weight excluding hydrogens is 360 g/mol. The second kappa shape index (κ2) is 9.18. The number of hydrogen-bond donors (Lipinski definition) is 0. The van der Waals surface area contributed by atoms with Gasteiger partial charge < -0.3 is 14.4 Å².